The third kappa shape index (κ3) is 5.14. The number of aryl methyl sites for hydroxylation is 1. The summed E-state index contributed by atoms with van der Waals surface area (Å²) in [7, 11) is -0.799. The average Bonchev–Trinajstić information content (AvgIpc) is 2.61. The molecule has 0 fully saturated rings. The van der Waals surface area contributed by atoms with Crippen LogP contribution in [0.5, 0.6) is 0 Å². The van der Waals surface area contributed by atoms with Crippen LogP contribution in [-0.4, -0.2) is 44.5 Å². The van der Waals surface area contributed by atoms with E-state index in [9.17, 15) is 18.3 Å². The smallest absolute Gasteiger partial charge is 0.241 e. The van der Waals surface area contributed by atoms with Gasteiger partial charge in [-0.1, -0.05) is 48.0 Å². The first-order valence-corrected chi connectivity index (χ1v) is 9.72. The second-order valence-electron chi connectivity index (χ2n) is 6.38. The molecule has 7 heteroatoms. The quantitative estimate of drug-likeness (QED) is 0.772. The Hall–Kier alpha value is -2.22. The number of rotatable bonds is 7. The molecule has 26 heavy (non-hydrogen) atoms. The van der Waals surface area contributed by atoms with Crippen LogP contribution in [0.15, 0.2) is 59.5 Å². The monoisotopic (exact) mass is 376 g/mol. The highest BCUT2D eigenvalue weighted by molar-refractivity contribution is 7.89. The molecule has 2 aromatic rings. The van der Waals surface area contributed by atoms with Crippen LogP contribution < -0.4 is 4.72 Å². The molecule has 0 saturated carbocycles. The van der Waals surface area contributed by atoms with E-state index in [0.717, 1.165) is 5.56 Å². The molecule has 0 aliphatic rings. The highest BCUT2D eigenvalue weighted by Gasteiger charge is 2.29. The summed E-state index contributed by atoms with van der Waals surface area (Å²) >= 11 is 0. The molecule has 0 bridgehead atoms. The predicted octanol–water partition coefficient (Wildman–Crippen LogP) is 1.85. The Balaban J connectivity index is 2.24. The predicted molar refractivity (Wildman–Crippen MR) is 100 cm³/mol. The lowest BCUT2D eigenvalue weighted by atomic mass is 10.0. The number of hydrogen-bond acceptors (Lipinski definition) is 4. The van der Waals surface area contributed by atoms with Gasteiger partial charge in [-0.2, -0.15) is 4.72 Å². The van der Waals surface area contributed by atoms with E-state index in [-0.39, 0.29) is 11.3 Å². The van der Waals surface area contributed by atoms with Crippen molar-refractivity contribution >= 4 is 15.9 Å². The van der Waals surface area contributed by atoms with Crippen molar-refractivity contribution in [1.29, 1.82) is 0 Å². The summed E-state index contributed by atoms with van der Waals surface area (Å²) in [6.07, 6.45) is -1.03. The zero-order valence-electron chi connectivity index (χ0n) is 15.1. The third-order valence-electron chi connectivity index (χ3n) is 4.01. The van der Waals surface area contributed by atoms with Crippen molar-refractivity contribution in [1.82, 2.24) is 9.62 Å². The molecule has 0 spiro atoms. The minimum absolute atomic E-state index is 0.0634. The van der Waals surface area contributed by atoms with E-state index < -0.39 is 28.1 Å². The van der Waals surface area contributed by atoms with Crippen LogP contribution in [0.3, 0.4) is 0 Å². The van der Waals surface area contributed by atoms with Gasteiger partial charge < -0.3 is 10.0 Å². The van der Waals surface area contributed by atoms with E-state index in [2.05, 4.69) is 4.72 Å². The van der Waals surface area contributed by atoms with Gasteiger partial charge in [-0.05, 0) is 24.6 Å². The number of aliphatic hydroxyl groups excluding tert-OH is 1. The molecule has 1 unspecified atom stereocenters. The van der Waals surface area contributed by atoms with E-state index in [1.807, 2.05) is 13.0 Å². The van der Waals surface area contributed by atoms with Gasteiger partial charge in [0.1, 0.15) is 6.04 Å². The van der Waals surface area contributed by atoms with Crippen molar-refractivity contribution in [3.8, 4) is 0 Å². The van der Waals surface area contributed by atoms with Gasteiger partial charge in [0.2, 0.25) is 15.9 Å². The normalized spacial score (nSPS) is 13.8. The molecule has 2 rings (SSSR count). The van der Waals surface area contributed by atoms with Gasteiger partial charge in [-0.25, -0.2) is 8.42 Å². The summed E-state index contributed by atoms with van der Waals surface area (Å²) in [6.45, 7) is 1.86. The Kier molecular flexibility index (Phi) is 6.52. The molecule has 2 N–H and O–H groups in total. The maximum atomic E-state index is 12.6. The molecule has 1 amide bonds. The van der Waals surface area contributed by atoms with E-state index >= 15 is 0 Å². The number of carbonyl (C=O) groups is 1. The third-order valence-corrected chi connectivity index (χ3v) is 5.50. The lowest BCUT2D eigenvalue weighted by Gasteiger charge is -2.24. The van der Waals surface area contributed by atoms with Gasteiger partial charge in [0, 0.05) is 20.5 Å². The van der Waals surface area contributed by atoms with E-state index in [4.69, 9.17) is 0 Å². The molecule has 6 nitrogen and oxygen atoms in total. The van der Waals surface area contributed by atoms with Gasteiger partial charge in [0.05, 0.1) is 11.0 Å². The summed E-state index contributed by atoms with van der Waals surface area (Å²) in [5, 5.41) is 10.4. The zero-order valence-corrected chi connectivity index (χ0v) is 15.9. The molecule has 140 valence electrons. The average molecular weight is 376 g/mol. The molecule has 0 saturated heterocycles. The molecule has 0 aliphatic heterocycles. The first kappa shape index (κ1) is 20.1. The van der Waals surface area contributed by atoms with Crippen molar-refractivity contribution in [2.75, 3.05) is 14.1 Å². The topological polar surface area (TPSA) is 86.7 Å². The van der Waals surface area contributed by atoms with Crippen molar-refractivity contribution < 1.29 is 18.3 Å². The largest absolute Gasteiger partial charge is 0.388 e. The summed E-state index contributed by atoms with van der Waals surface area (Å²) in [6, 6.07) is 14.1. The second kappa shape index (κ2) is 8.44. The van der Waals surface area contributed by atoms with Crippen LogP contribution in [0, 0.1) is 6.92 Å². The SMILES string of the molecule is Cc1ccc(S(=O)(=O)N[C@@H](CC(O)c2ccccc2)C(=O)N(C)C)cc1. The minimum Gasteiger partial charge on any atom is -0.388 e. The van der Waals surface area contributed by atoms with Crippen LogP contribution in [0.1, 0.15) is 23.7 Å². The maximum absolute atomic E-state index is 12.6. The van der Waals surface area contributed by atoms with Gasteiger partial charge >= 0.3 is 0 Å². The second-order valence-corrected chi connectivity index (χ2v) is 8.10. The Morgan fingerprint density at radius 3 is 2.19 bits per heavy atom. The molecule has 2 aromatic carbocycles. The van der Waals surface area contributed by atoms with Crippen LogP contribution in [0.4, 0.5) is 0 Å². The molecular weight excluding hydrogens is 352 g/mol. The van der Waals surface area contributed by atoms with Crippen molar-refractivity contribution in [2.45, 2.75) is 30.4 Å². The fourth-order valence-electron chi connectivity index (χ4n) is 2.52. The van der Waals surface area contributed by atoms with E-state index in [1.54, 1.807) is 50.5 Å². The Morgan fingerprint density at radius 2 is 1.65 bits per heavy atom. The molecule has 0 aliphatic carbocycles. The highest BCUT2D eigenvalue weighted by atomic mass is 32.2. The van der Waals surface area contributed by atoms with Crippen LogP contribution in [0.25, 0.3) is 0 Å². The Morgan fingerprint density at radius 1 is 1.08 bits per heavy atom. The fourth-order valence-corrected chi connectivity index (χ4v) is 3.72. The number of benzene rings is 2. The number of aliphatic hydroxyl groups is 1. The highest BCUT2D eigenvalue weighted by Crippen LogP contribution is 2.20. The van der Waals surface area contributed by atoms with Crippen LogP contribution in [0.2, 0.25) is 0 Å². The Bertz CT molecular complexity index is 834. The van der Waals surface area contributed by atoms with Gasteiger partial charge in [-0.3, -0.25) is 4.79 Å². The number of likely N-dealkylation sites (N-methyl/N-ethyl adjacent to an activating group) is 1. The van der Waals surface area contributed by atoms with Gasteiger partial charge in [0.15, 0.2) is 0 Å². The van der Waals surface area contributed by atoms with Crippen molar-refractivity contribution in [2.24, 2.45) is 0 Å². The standard InChI is InChI=1S/C19H24N2O4S/c1-14-9-11-16(12-10-14)26(24,25)20-17(19(23)21(2)3)13-18(22)15-7-5-4-6-8-15/h4-12,17-18,20,22H,13H2,1-3H3/t17-,18?/m0/s1. The first-order valence-electron chi connectivity index (χ1n) is 8.24. The fraction of sp³-hybridized carbons (Fsp3) is 0.316. The molecular formula is C19H24N2O4S. The zero-order chi connectivity index (χ0) is 19.3. The first-order chi connectivity index (χ1) is 12.2. The molecule has 0 radical (unpaired) electrons. The number of amides is 1. The van der Waals surface area contributed by atoms with Gasteiger partial charge in [-0.15, -0.1) is 0 Å². The lowest BCUT2D eigenvalue weighted by molar-refractivity contribution is -0.131. The lowest BCUT2D eigenvalue weighted by Crippen LogP contribution is -2.46. The number of nitrogens with one attached hydrogen (secondary N) is 1. The van der Waals surface area contributed by atoms with E-state index in [0.29, 0.717) is 5.56 Å². The molecule has 2 atom stereocenters. The molecule has 0 heterocycles. The number of nitrogens with zero attached hydrogens (tertiary/aromatic N) is 1. The van der Waals surface area contributed by atoms with Crippen molar-refractivity contribution in [3.05, 3.63) is 65.7 Å². The van der Waals surface area contributed by atoms with Gasteiger partial charge in [0.25, 0.3) is 0 Å². The summed E-state index contributed by atoms with van der Waals surface area (Å²) < 4.78 is 27.7. The number of hydrogen-bond donors (Lipinski definition) is 2. The summed E-state index contributed by atoms with van der Waals surface area (Å²) in [5.41, 5.74) is 1.56. The number of sulfonamides is 1. The van der Waals surface area contributed by atoms with Crippen LogP contribution in [-0.2, 0) is 14.8 Å². The minimum atomic E-state index is -3.89. The summed E-state index contributed by atoms with van der Waals surface area (Å²) in [5.74, 6) is -0.421. The summed E-state index contributed by atoms with van der Waals surface area (Å²) in [4.78, 5) is 13.8. The van der Waals surface area contributed by atoms with E-state index in [1.165, 1.54) is 17.0 Å². The Labute approximate surface area is 154 Å². The van der Waals surface area contributed by atoms with Crippen LogP contribution >= 0.6 is 0 Å². The molecule has 0 aromatic heterocycles. The number of carbonyl (C=O) groups excluding carboxylic acids is 1. The van der Waals surface area contributed by atoms with Crippen molar-refractivity contribution in [3.63, 3.8) is 0 Å². The maximum Gasteiger partial charge on any atom is 0.241 e.